The van der Waals surface area contributed by atoms with Crippen LogP contribution in [-0.2, 0) is 11.2 Å². The maximum absolute atomic E-state index is 12.5. The number of H-pyrrole nitrogens is 1. The normalized spacial score (nSPS) is 12.0. The van der Waals surface area contributed by atoms with Crippen LogP contribution in [0.5, 0.6) is 0 Å². The number of aromatic amines is 1. The molecule has 0 bridgehead atoms. The molecular weight excluding hydrogens is 310 g/mol. The van der Waals surface area contributed by atoms with Gasteiger partial charge < -0.3 is 10.3 Å². The van der Waals surface area contributed by atoms with Gasteiger partial charge in [0.1, 0.15) is 0 Å². The SMILES string of the molecule is CCc1cccc(C)c1NC(=O)[C@H](C)Sc1nc(C)cc(=O)[nH]1. The summed E-state index contributed by atoms with van der Waals surface area (Å²) < 4.78 is 0. The fraction of sp³-hybridized carbons (Fsp3) is 0.353. The summed E-state index contributed by atoms with van der Waals surface area (Å²) >= 11 is 1.24. The first-order valence-electron chi connectivity index (χ1n) is 7.54. The topological polar surface area (TPSA) is 74.8 Å². The highest BCUT2D eigenvalue weighted by molar-refractivity contribution is 8.00. The van der Waals surface area contributed by atoms with Crippen molar-refractivity contribution in [2.24, 2.45) is 0 Å². The second kappa shape index (κ2) is 7.46. The highest BCUT2D eigenvalue weighted by atomic mass is 32.2. The molecule has 1 heterocycles. The van der Waals surface area contributed by atoms with E-state index in [0.717, 1.165) is 23.2 Å². The van der Waals surface area contributed by atoms with E-state index in [0.29, 0.717) is 10.9 Å². The van der Waals surface area contributed by atoms with Gasteiger partial charge in [0.2, 0.25) is 5.91 Å². The van der Waals surface area contributed by atoms with Gasteiger partial charge in [-0.3, -0.25) is 9.59 Å². The molecule has 0 radical (unpaired) electrons. The van der Waals surface area contributed by atoms with Crippen molar-refractivity contribution in [2.75, 3.05) is 5.32 Å². The zero-order valence-electron chi connectivity index (χ0n) is 13.8. The number of aromatic nitrogens is 2. The number of thioether (sulfide) groups is 1. The van der Waals surface area contributed by atoms with Crippen LogP contribution in [0.2, 0.25) is 0 Å². The Morgan fingerprint density at radius 1 is 1.39 bits per heavy atom. The number of anilines is 1. The summed E-state index contributed by atoms with van der Waals surface area (Å²) in [5.41, 5.74) is 3.45. The molecule has 1 aromatic heterocycles. The van der Waals surface area contributed by atoms with E-state index in [4.69, 9.17) is 0 Å². The van der Waals surface area contributed by atoms with Gasteiger partial charge in [-0.2, -0.15) is 0 Å². The van der Waals surface area contributed by atoms with Crippen molar-refractivity contribution in [1.82, 2.24) is 9.97 Å². The molecule has 1 atom stereocenters. The molecule has 1 aromatic carbocycles. The monoisotopic (exact) mass is 331 g/mol. The third kappa shape index (κ3) is 4.45. The van der Waals surface area contributed by atoms with Crippen molar-refractivity contribution in [1.29, 1.82) is 0 Å². The Kier molecular flexibility index (Phi) is 5.60. The predicted molar refractivity (Wildman–Crippen MR) is 94.1 cm³/mol. The highest BCUT2D eigenvalue weighted by Gasteiger charge is 2.18. The van der Waals surface area contributed by atoms with Gasteiger partial charge in [-0.05, 0) is 38.3 Å². The van der Waals surface area contributed by atoms with E-state index in [1.165, 1.54) is 17.8 Å². The van der Waals surface area contributed by atoms with E-state index in [2.05, 4.69) is 22.2 Å². The minimum absolute atomic E-state index is 0.108. The van der Waals surface area contributed by atoms with Crippen molar-refractivity contribution in [3.63, 3.8) is 0 Å². The number of nitrogens with one attached hydrogen (secondary N) is 2. The van der Waals surface area contributed by atoms with Gasteiger partial charge in [-0.1, -0.05) is 36.9 Å². The van der Waals surface area contributed by atoms with E-state index < -0.39 is 0 Å². The summed E-state index contributed by atoms with van der Waals surface area (Å²) in [5.74, 6) is -0.108. The third-order valence-electron chi connectivity index (χ3n) is 3.49. The van der Waals surface area contributed by atoms with Gasteiger partial charge in [0.05, 0.1) is 5.25 Å². The Morgan fingerprint density at radius 3 is 2.78 bits per heavy atom. The number of hydrogen-bond donors (Lipinski definition) is 2. The molecule has 5 nitrogen and oxygen atoms in total. The molecule has 0 fully saturated rings. The molecule has 2 N–H and O–H groups in total. The summed E-state index contributed by atoms with van der Waals surface area (Å²) in [6.07, 6.45) is 0.853. The lowest BCUT2D eigenvalue weighted by molar-refractivity contribution is -0.115. The summed E-state index contributed by atoms with van der Waals surface area (Å²) in [4.78, 5) is 30.8. The zero-order chi connectivity index (χ0) is 17.0. The molecule has 0 spiro atoms. The lowest BCUT2D eigenvalue weighted by Crippen LogP contribution is -2.24. The number of hydrogen-bond acceptors (Lipinski definition) is 4. The van der Waals surface area contributed by atoms with Crippen LogP contribution >= 0.6 is 11.8 Å². The Labute approximate surface area is 139 Å². The first kappa shape index (κ1) is 17.3. The fourth-order valence-electron chi connectivity index (χ4n) is 2.26. The highest BCUT2D eigenvalue weighted by Crippen LogP contribution is 2.24. The minimum atomic E-state index is -0.371. The average Bonchev–Trinajstić information content (AvgIpc) is 2.48. The smallest absolute Gasteiger partial charge is 0.251 e. The van der Waals surface area contributed by atoms with E-state index in [1.807, 2.05) is 25.1 Å². The van der Waals surface area contributed by atoms with Crippen molar-refractivity contribution in [3.8, 4) is 0 Å². The average molecular weight is 331 g/mol. The number of carbonyl (C=O) groups excluding carboxylic acids is 1. The fourth-order valence-corrected chi connectivity index (χ4v) is 3.11. The molecule has 0 saturated carbocycles. The predicted octanol–water partition coefficient (Wildman–Crippen LogP) is 3.07. The van der Waals surface area contributed by atoms with Crippen molar-refractivity contribution in [2.45, 2.75) is 44.5 Å². The molecule has 0 saturated heterocycles. The number of nitrogens with zero attached hydrogens (tertiary/aromatic N) is 1. The summed E-state index contributed by atoms with van der Waals surface area (Å²) in [6, 6.07) is 7.41. The van der Waals surface area contributed by atoms with Crippen molar-refractivity contribution < 1.29 is 4.79 Å². The van der Waals surface area contributed by atoms with Crippen molar-refractivity contribution in [3.05, 3.63) is 51.4 Å². The Bertz CT molecular complexity index is 771. The first-order valence-corrected chi connectivity index (χ1v) is 8.42. The quantitative estimate of drug-likeness (QED) is 0.652. The van der Waals surface area contributed by atoms with Gasteiger partial charge in [-0.15, -0.1) is 0 Å². The zero-order valence-corrected chi connectivity index (χ0v) is 14.6. The van der Waals surface area contributed by atoms with Crippen LogP contribution in [0.15, 0.2) is 34.2 Å². The Hall–Kier alpha value is -2.08. The molecule has 0 unspecified atom stereocenters. The van der Waals surface area contributed by atoms with Gasteiger partial charge in [-0.25, -0.2) is 4.98 Å². The number of benzene rings is 1. The molecule has 0 aliphatic carbocycles. The van der Waals surface area contributed by atoms with Crippen LogP contribution in [0.1, 0.15) is 30.7 Å². The lowest BCUT2D eigenvalue weighted by Gasteiger charge is -2.16. The molecule has 2 rings (SSSR count). The molecule has 122 valence electrons. The van der Waals surface area contributed by atoms with Crippen LogP contribution in [0.3, 0.4) is 0 Å². The Morgan fingerprint density at radius 2 is 2.13 bits per heavy atom. The Balaban J connectivity index is 2.13. The van der Waals surface area contributed by atoms with Crippen molar-refractivity contribution >= 4 is 23.4 Å². The van der Waals surface area contributed by atoms with E-state index in [9.17, 15) is 9.59 Å². The van der Waals surface area contributed by atoms with E-state index >= 15 is 0 Å². The van der Waals surface area contributed by atoms with E-state index in [1.54, 1.807) is 13.8 Å². The third-order valence-corrected chi connectivity index (χ3v) is 4.48. The van der Waals surface area contributed by atoms with Crippen LogP contribution in [0.4, 0.5) is 5.69 Å². The summed E-state index contributed by atoms with van der Waals surface area (Å²) in [5, 5.41) is 3.08. The maximum atomic E-state index is 12.5. The second-order valence-corrected chi connectivity index (χ2v) is 6.73. The summed E-state index contributed by atoms with van der Waals surface area (Å²) in [6.45, 7) is 7.59. The first-order chi connectivity index (χ1) is 10.9. The van der Waals surface area contributed by atoms with Crippen LogP contribution in [0.25, 0.3) is 0 Å². The van der Waals surface area contributed by atoms with E-state index in [-0.39, 0.29) is 16.7 Å². The number of carbonyl (C=O) groups is 1. The molecule has 1 amide bonds. The molecule has 0 aliphatic heterocycles. The molecule has 23 heavy (non-hydrogen) atoms. The lowest BCUT2D eigenvalue weighted by atomic mass is 10.1. The number of rotatable bonds is 5. The molecule has 6 heteroatoms. The van der Waals surface area contributed by atoms with Gasteiger partial charge >= 0.3 is 0 Å². The van der Waals surface area contributed by atoms with Gasteiger partial charge in [0.15, 0.2) is 5.16 Å². The van der Waals surface area contributed by atoms with Crippen LogP contribution in [-0.4, -0.2) is 21.1 Å². The van der Waals surface area contributed by atoms with Gasteiger partial charge in [0, 0.05) is 17.4 Å². The number of aryl methyl sites for hydroxylation is 3. The minimum Gasteiger partial charge on any atom is -0.325 e. The number of para-hydroxylation sites is 1. The molecular formula is C17H21N3O2S. The molecule has 2 aromatic rings. The largest absolute Gasteiger partial charge is 0.325 e. The molecule has 0 aliphatic rings. The van der Waals surface area contributed by atoms with Crippen LogP contribution < -0.4 is 10.9 Å². The van der Waals surface area contributed by atoms with Crippen LogP contribution in [0, 0.1) is 13.8 Å². The number of amides is 1. The standard InChI is InChI=1S/C17H21N3O2S/c1-5-13-8-6-7-10(2)15(13)20-16(22)12(4)23-17-18-11(3)9-14(21)19-17/h6-9,12H,5H2,1-4H3,(H,20,22)(H,18,19,21)/t12-/m0/s1. The second-order valence-electron chi connectivity index (χ2n) is 5.40. The maximum Gasteiger partial charge on any atom is 0.251 e. The summed E-state index contributed by atoms with van der Waals surface area (Å²) in [7, 11) is 0. The van der Waals surface area contributed by atoms with Gasteiger partial charge in [0.25, 0.3) is 5.56 Å².